The number of para-hydroxylation sites is 1. The Morgan fingerprint density at radius 1 is 1.18 bits per heavy atom. The van der Waals surface area contributed by atoms with Crippen LogP contribution in [0.5, 0.6) is 0 Å². The number of nitrogens with one attached hydrogen (secondary N) is 1. The lowest BCUT2D eigenvalue weighted by Crippen LogP contribution is -2.38. The van der Waals surface area contributed by atoms with Gasteiger partial charge in [-0.25, -0.2) is 8.42 Å². The number of carbonyl (C=O) groups excluding carboxylic acids is 1. The molecule has 152 valence electrons. The highest BCUT2D eigenvalue weighted by Gasteiger charge is 2.28. The molecule has 0 bridgehead atoms. The Balaban J connectivity index is 2.28. The van der Waals surface area contributed by atoms with E-state index in [1.165, 1.54) is 18.2 Å². The Morgan fingerprint density at radius 3 is 2.46 bits per heavy atom. The van der Waals surface area contributed by atoms with E-state index in [0.717, 1.165) is 21.1 Å². The van der Waals surface area contributed by atoms with Crippen LogP contribution in [0.4, 0.5) is 5.69 Å². The maximum Gasteiger partial charge on any atom is 0.245 e. The van der Waals surface area contributed by atoms with Gasteiger partial charge in [-0.15, -0.1) is 0 Å². The number of rotatable bonds is 7. The molecule has 2 aromatic rings. The van der Waals surface area contributed by atoms with Crippen molar-refractivity contribution in [3.8, 4) is 0 Å². The van der Waals surface area contributed by atoms with Crippen LogP contribution < -0.4 is 5.32 Å². The summed E-state index contributed by atoms with van der Waals surface area (Å²) in [5, 5.41) is 3.18. The van der Waals surface area contributed by atoms with Gasteiger partial charge in [-0.1, -0.05) is 62.2 Å². The molecule has 2 aromatic carbocycles. The van der Waals surface area contributed by atoms with Crippen LogP contribution in [0.2, 0.25) is 10.0 Å². The number of carbonyl (C=O) groups is 1. The van der Waals surface area contributed by atoms with E-state index in [1.54, 1.807) is 6.92 Å². The van der Waals surface area contributed by atoms with Crippen molar-refractivity contribution >= 4 is 44.8 Å². The zero-order valence-corrected chi connectivity index (χ0v) is 18.6. The van der Waals surface area contributed by atoms with Crippen molar-refractivity contribution < 1.29 is 13.2 Å². The first-order valence-corrected chi connectivity index (χ1v) is 11.1. The fourth-order valence-corrected chi connectivity index (χ4v) is 5.00. The third kappa shape index (κ3) is 5.06. The smallest absolute Gasteiger partial charge is 0.245 e. The largest absolute Gasteiger partial charge is 0.324 e. The summed E-state index contributed by atoms with van der Waals surface area (Å²) >= 11 is 12.0. The monoisotopic (exact) mass is 442 g/mol. The van der Waals surface area contributed by atoms with Gasteiger partial charge >= 0.3 is 0 Å². The number of hydrogen-bond acceptors (Lipinski definition) is 3. The predicted molar refractivity (Wildman–Crippen MR) is 115 cm³/mol. The van der Waals surface area contributed by atoms with E-state index in [9.17, 15) is 13.2 Å². The van der Waals surface area contributed by atoms with E-state index in [4.69, 9.17) is 23.2 Å². The standard InChI is InChI=1S/C20H24Cl2N2O3S/c1-5-24(28(26,27)18-11-15(21)9-10-17(18)22)12-19(25)23-20-14(4)7-6-8-16(20)13(2)3/h6-11,13H,5,12H2,1-4H3,(H,23,25). The lowest BCUT2D eigenvalue weighted by atomic mass is 9.98. The molecule has 0 unspecified atom stereocenters. The van der Waals surface area contributed by atoms with Crippen molar-refractivity contribution in [2.24, 2.45) is 0 Å². The van der Waals surface area contributed by atoms with Gasteiger partial charge in [0, 0.05) is 17.3 Å². The lowest BCUT2D eigenvalue weighted by Gasteiger charge is -2.22. The van der Waals surface area contributed by atoms with Gasteiger partial charge < -0.3 is 5.32 Å². The summed E-state index contributed by atoms with van der Waals surface area (Å²) < 4.78 is 27.0. The molecule has 0 atom stereocenters. The first-order chi connectivity index (χ1) is 13.1. The number of amides is 1. The molecule has 0 aliphatic heterocycles. The summed E-state index contributed by atoms with van der Waals surface area (Å²) in [5.74, 6) is -0.203. The maximum atomic E-state index is 13.0. The van der Waals surface area contributed by atoms with Crippen molar-refractivity contribution in [3.63, 3.8) is 0 Å². The fourth-order valence-electron chi connectivity index (χ4n) is 2.86. The highest BCUT2D eigenvalue weighted by atomic mass is 35.5. The second-order valence-electron chi connectivity index (χ2n) is 6.75. The molecular formula is C20H24Cl2N2O3S. The number of aryl methyl sites for hydroxylation is 1. The zero-order chi connectivity index (χ0) is 21.1. The van der Waals surface area contributed by atoms with E-state index in [1.807, 2.05) is 39.0 Å². The molecule has 1 amide bonds. The molecule has 1 N–H and O–H groups in total. The van der Waals surface area contributed by atoms with Crippen molar-refractivity contribution in [1.29, 1.82) is 0 Å². The number of anilines is 1. The molecule has 0 fully saturated rings. The molecule has 0 aliphatic rings. The molecular weight excluding hydrogens is 419 g/mol. The molecule has 5 nitrogen and oxygen atoms in total. The summed E-state index contributed by atoms with van der Waals surface area (Å²) in [7, 11) is -3.97. The molecule has 0 aromatic heterocycles. The Morgan fingerprint density at radius 2 is 1.86 bits per heavy atom. The van der Waals surface area contributed by atoms with E-state index < -0.39 is 15.9 Å². The van der Waals surface area contributed by atoms with Crippen LogP contribution in [0.15, 0.2) is 41.3 Å². The van der Waals surface area contributed by atoms with Crippen LogP contribution in [-0.4, -0.2) is 31.7 Å². The molecule has 0 saturated carbocycles. The highest BCUT2D eigenvalue weighted by Crippen LogP contribution is 2.29. The van der Waals surface area contributed by atoms with Crippen LogP contribution in [0.3, 0.4) is 0 Å². The zero-order valence-electron chi connectivity index (χ0n) is 16.3. The average molecular weight is 443 g/mol. The lowest BCUT2D eigenvalue weighted by molar-refractivity contribution is -0.116. The number of benzene rings is 2. The van der Waals surface area contributed by atoms with Crippen molar-refractivity contribution in [1.82, 2.24) is 4.31 Å². The quantitative estimate of drug-likeness (QED) is 0.650. The van der Waals surface area contributed by atoms with Gasteiger partial charge in [-0.3, -0.25) is 4.79 Å². The second-order valence-corrected chi connectivity index (χ2v) is 9.50. The molecule has 0 saturated heterocycles. The van der Waals surface area contributed by atoms with E-state index in [-0.39, 0.29) is 33.9 Å². The molecule has 2 rings (SSSR count). The second kappa shape index (κ2) is 9.27. The topological polar surface area (TPSA) is 66.5 Å². The van der Waals surface area contributed by atoms with Crippen molar-refractivity contribution in [2.45, 2.75) is 38.5 Å². The van der Waals surface area contributed by atoms with Gasteiger partial charge in [-0.05, 0) is 42.2 Å². The van der Waals surface area contributed by atoms with Crippen LogP contribution >= 0.6 is 23.2 Å². The minimum absolute atomic E-state index is 0.0595. The molecule has 0 heterocycles. The highest BCUT2D eigenvalue weighted by molar-refractivity contribution is 7.89. The van der Waals surface area contributed by atoms with Gasteiger partial charge in [0.15, 0.2) is 0 Å². The maximum absolute atomic E-state index is 13.0. The summed E-state index contributed by atoms with van der Waals surface area (Å²) in [6, 6.07) is 10.0. The summed E-state index contributed by atoms with van der Waals surface area (Å²) in [6.45, 7) is 7.43. The molecule has 0 aliphatic carbocycles. The minimum atomic E-state index is -3.97. The van der Waals surface area contributed by atoms with Gasteiger partial charge in [0.25, 0.3) is 0 Å². The van der Waals surface area contributed by atoms with Crippen LogP contribution in [0.25, 0.3) is 0 Å². The number of nitrogens with zero attached hydrogens (tertiary/aromatic N) is 1. The predicted octanol–water partition coefficient (Wildman–Crippen LogP) is 5.07. The van der Waals surface area contributed by atoms with Crippen LogP contribution in [-0.2, 0) is 14.8 Å². The third-order valence-corrected chi connectivity index (χ3v) is 7.01. The fraction of sp³-hybridized carbons (Fsp3) is 0.350. The number of likely N-dealkylation sites (N-methyl/N-ethyl adjacent to an activating group) is 1. The Hall–Kier alpha value is -1.60. The first-order valence-electron chi connectivity index (χ1n) is 8.92. The molecule has 8 heteroatoms. The Bertz CT molecular complexity index is 975. The number of halogens is 2. The minimum Gasteiger partial charge on any atom is -0.324 e. The third-order valence-electron chi connectivity index (χ3n) is 4.38. The molecule has 0 spiro atoms. The number of sulfonamides is 1. The SMILES string of the molecule is CCN(CC(=O)Nc1c(C)cccc1C(C)C)S(=O)(=O)c1cc(Cl)ccc1Cl. The van der Waals surface area contributed by atoms with Crippen LogP contribution in [0, 0.1) is 6.92 Å². The van der Waals surface area contributed by atoms with E-state index in [0.29, 0.717) is 0 Å². The normalized spacial score (nSPS) is 11.9. The number of hydrogen-bond donors (Lipinski definition) is 1. The first kappa shape index (κ1) is 22.7. The van der Waals surface area contributed by atoms with Gasteiger partial charge in [0.2, 0.25) is 15.9 Å². The summed E-state index contributed by atoms with van der Waals surface area (Å²) in [6.07, 6.45) is 0. The van der Waals surface area contributed by atoms with Crippen LogP contribution in [0.1, 0.15) is 37.8 Å². The summed E-state index contributed by atoms with van der Waals surface area (Å²) in [4.78, 5) is 12.5. The van der Waals surface area contributed by atoms with Gasteiger partial charge in [0.05, 0.1) is 11.6 Å². The average Bonchev–Trinajstić information content (AvgIpc) is 2.62. The summed E-state index contributed by atoms with van der Waals surface area (Å²) in [5.41, 5.74) is 2.64. The van der Waals surface area contributed by atoms with E-state index in [2.05, 4.69) is 5.32 Å². The van der Waals surface area contributed by atoms with Gasteiger partial charge in [-0.2, -0.15) is 4.31 Å². The van der Waals surface area contributed by atoms with Crippen molar-refractivity contribution in [2.75, 3.05) is 18.4 Å². The molecule has 28 heavy (non-hydrogen) atoms. The van der Waals surface area contributed by atoms with Gasteiger partial charge in [0.1, 0.15) is 4.90 Å². The Kier molecular flexibility index (Phi) is 7.51. The van der Waals surface area contributed by atoms with Crippen molar-refractivity contribution in [3.05, 3.63) is 57.6 Å². The Labute approximate surface area is 176 Å². The molecule has 0 radical (unpaired) electrons. The van der Waals surface area contributed by atoms with E-state index >= 15 is 0 Å².